The van der Waals surface area contributed by atoms with Crippen molar-refractivity contribution in [3.8, 4) is 11.4 Å². The van der Waals surface area contributed by atoms with Crippen LogP contribution in [0, 0.1) is 0 Å². The minimum atomic E-state index is 1.00. The Kier molecular flexibility index (Phi) is 2.82. The van der Waals surface area contributed by atoms with Crippen molar-refractivity contribution in [2.75, 3.05) is 0 Å². The summed E-state index contributed by atoms with van der Waals surface area (Å²) >= 11 is 3.51. The summed E-state index contributed by atoms with van der Waals surface area (Å²) in [4.78, 5) is 4.76. The van der Waals surface area contributed by atoms with Gasteiger partial charge in [0.05, 0.1) is 11.0 Å². The maximum atomic E-state index is 4.76. The molecule has 4 aromatic rings. The van der Waals surface area contributed by atoms with E-state index < -0.39 is 0 Å². The van der Waals surface area contributed by atoms with E-state index in [1.807, 2.05) is 12.1 Å². The molecule has 0 saturated carbocycles. The molecule has 0 bridgehead atoms. The number of nitrogens with zero attached hydrogens (tertiary/aromatic N) is 2. The monoisotopic (exact) mass is 336 g/mol. The molecule has 0 fully saturated rings. The van der Waals surface area contributed by atoms with Crippen molar-refractivity contribution in [1.82, 2.24) is 9.55 Å². The predicted octanol–water partition coefficient (Wildman–Crippen LogP) is 5.16. The van der Waals surface area contributed by atoms with Crippen LogP contribution in [0.1, 0.15) is 0 Å². The zero-order valence-corrected chi connectivity index (χ0v) is 13.1. The number of hydrogen-bond acceptors (Lipinski definition) is 1. The van der Waals surface area contributed by atoms with Crippen molar-refractivity contribution in [2.45, 2.75) is 0 Å². The lowest BCUT2D eigenvalue weighted by Crippen LogP contribution is -1.92. The van der Waals surface area contributed by atoms with Gasteiger partial charge in [-0.05, 0) is 41.1 Å². The molecule has 21 heavy (non-hydrogen) atoms. The second kappa shape index (κ2) is 4.71. The SMILES string of the molecule is Cn1c(-c2ccc3cc(Br)ccc3c2)nc2ccccc21. The van der Waals surface area contributed by atoms with E-state index in [2.05, 4.69) is 76.1 Å². The second-order valence-electron chi connectivity index (χ2n) is 5.19. The van der Waals surface area contributed by atoms with Crippen molar-refractivity contribution >= 4 is 37.7 Å². The number of para-hydroxylation sites is 2. The van der Waals surface area contributed by atoms with Crippen LogP contribution in [0.5, 0.6) is 0 Å². The predicted molar refractivity (Wildman–Crippen MR) is 91.4 cm³/mol. The van der Waals surface area contributed by atoms with E-state index >= 15 is 0 Å². The quantitative estimate of drug-likeness (QED) is 0.469. The third-order valence-corrected chi connectivity index (χ3v) is 4.34. The second-order valence-corrected chi connectivity index (χ2v) is 6.11. The lowest BCUT2D eigenvalue weighted by atomic mass is 10.1. The molecule has 1 aromatic heterocycles. The molecular weight excluding hydrogens is 324 g/mol. The van der Waals surface area contributed by atoms with Gasteiger partial charge in [-0.1, -0.05) is 46.3 Å². The van der Waals surface area contributed by atoms with Gasteiger partial charge in [-0.2, -0.15) is 0 Å². The first-order chi connectivity index (χ1) is 10.2. The first-order valence-corrected chi connectivity index (χ1v) is 7.63. The Balaban J connectivity index is 1.95. The molecular formula is C18H13BrN2. The lowest BCUT2D eigenvalue weighted by molar-refractivity contribution is 0.960. The van der Waals surface area contributed by atoms with Gasteiger partial charge in [-0.3, -0.25) is 0 Å². The summed E-state index contributed by atoms with van der Waals surface area (Å²) in [6, 6.07) is 21.0. The van der Waals surface area contributed by atoms with Gasteiger partial charge in [0, 0.05) is 17.1 Å². The van der Waals surface area contributed by atoms with Gasteiger partial charge >= 0.3 is 0 Å². The van der Waals surface area contributed by atoms with Crippen LogP contribution in [-0.2, 0) is 7.05 Å². The fourth-order valence-corrected chi connectivity index (χ4v) is 3.14. The van der Waals surface area contributed by atoms with Crippen molar-refractivity contribution in [2.24, 2.45) is 7.05 Å². The van der Waals surface area contributed by atoms with Crippen molar-refractivity contribution in [1.29, 1.82) is 0 Å². The van der Waals surface area contributed by atoms with E-state index in [1.54, 1.807) is 0 Å². The highest BCUT2D eigenvalue weighted by Gasteiger charge is 2.09. The van der Waals surface area contributed by atoms with Crippen molar-refractivity contribution in [3.63, 3.8) is 0 Å². The minimum absolute atomic E-state index is 1.00. The van der Waals surface area contributed by atoms with Gasteiger partial charge in [0.15, 0.2) is 0 Å². The zero-order valence-electron chi connectivity index (χ0n) is 11.5. The van der Waals surface area contributed by atoms with Crippen LogP contribution in [-0.4, -0.2) is 9.55 Å². The maximum absolute atomic E-state index is 4.76. The number of benzene rings is 3. The largest absolute Gasteiger partial charge is 0.327 e. The summed E-state index contributed by atoms with van der Waals surface area (Å²) in [7, 11) is 2.07. The summed E-state index contributed by atoms with van der Waals surface area (Å²) < 4.78 is 3.25. The highest BCUT2D eigenvalue weighted by Crippen LogP contribution is 2.28. The molecule has 0 radical (unpaired) electrons. The number of hydrogen-bond donors (Lipinski definition) is 0. The highest BCUT2D eigenvalue weighted by atomic mass is 79.9. The molecule has 2 nitrogen and oxygen atoms in total. The maximum Gasteiger partial charge on any atom is 0.140 e. The van der Waals surface area contributed by atoms with E-state index in [1.165, 1.54) is 10.8 Å². The Bertz CT molecular complexity index is 969. The minimum Gasteiger partial charge on any atom is -0.327 e. The van der Waals surface area contributed by atoms with E-state index in [9.17, 15) is 0 Å². The van der Waals surface area contributed by atoms with Crippen LogP contribution in [0.15, 0.2) is 65.1 Å². The molecule has 0 amide bonds. The van der Waals surface area contributed by atoms with Crippen LogP contribution in [0.25, 0.3) is 33.2 Å². The summed E-state index contributed by atoms with van der Waals surface area (Å²) in [5.74, 6) is 1.00. The molecule has 0 aliphatic heterocycles. The van der Waals surface area contributed by atoms with E-state index in [0.717, 1.165) is 26.9 Å². The van der Waals surface area contributed by atoms with Crippen LogP contribution >= 0.6 is 15.9 Å². The number of aromatic nitrogens is 2. The molecule has 102 valence electrons. The number of imidazole rings is 1. The summed E-state index contributed by atoms with van der Waals surface area (Å²) in [5.41, 5.74) is 3.33. The summed E-state index contributed by atoms with van der Waals surface area (Å²) in [6.45, 7) is 0. The fourth-order valence-electron chi connectivity index (χ4n) is 2.76. The average Bonchev–Trinajstić information content (AvgIpc) is 2.84. The van der Waals surface area contributed by atoms with Crippen LogP contribution in [0.4, 0.5) is 0 Å². The molecule has 0 N–H and O–H groups in total. The van der Waals surface area contributed by atoms with Gasteiger partial charge in [0.25, 0.3) is 0 Å². The average molecular weight is 337 g/mol. The first-order valence-electron chi connectivity index (χ1n) is 6.83. The van der Waals surface area contributed by atoms with Gasteiger partial charge in [0.2, 0.25) is 0 Å². The summed E-state index contributed by atoms with van der Waals surface area (Å²) in [6.07, 6.45) is 0. The molecule has 3 heteroatoms. The molecule has 0 aliphatic carbocycles. The van der Waals surface area contributed by atoms with Gasteiger partial charge in [-0.15, -0.1) is 0 Å². The molecule has 0 saturated heterocycles. The van der Waals surface area contributed by atoms with E-state index in [0.29, 0.717) is 0 Å². The third-order valence-electron chi connectivity index (χ3n) is 3.85. The first kappa shape index (κ1) is 12.6. The third kappa shape index (κ3) is 2.05. The van der Waals surface area contributed by atoms with Gasteiger partial charge in [0.1, 0.15) is 5.82 Å². The number of aryl methyl sites for hydroxylation is 1. The zero-order chi connectivity index (χ0) is 14.4. The molecule has 0 aliphatic rings. The Morgan fingerprint density at radius 3 is 2.52 bits per heavy atom. The molecule has 1 heterocycles. The normalized spacial score (nSPS) is 11.3. The standard InChI is InChI=1S/C18H13BrN2/c1-21-17-5-3-2-4-16(17)20-18(21)14-7-6-13-11-15(19)9-8-12(13)10-14/h2-11H,1H3. The van der Waals surface area contributed by atoms with Crippen molar-refractivity contribution < 1.29 is 0 Å². The van der Waals surface area contributed by atoms with Gasteiger partial charge in [-0.25, -0.2) is 4.98 Å². The molecule has 0 unspecified atom stereocenters. The van der Waals surface area contributed by atoms with Crippen molar-refractivity contribution in [3.05, 3.63) is 65.1 Å². The topological polar surface area (TPSA) is 17.8 Å². The van der Waals surface area contributed by atoms with Gasteiger partial charge < -0.3 is 4.57 Å². The lowest BCUT2D eigenvalue weighted by Gasteiger charge is -2.05. The van der Waals surface area contributed by atoms with E-state index in [-0.39, 0.29) is 0 Å². The molecule has 0 atom stereocenters. The number of rotatable bonds is 1. The fraction of sp³-hybridized carbons (Fsp3) is 0.0556. The van der Waals surface area contributed by atoms with E-state index in [4.69, 9.17) is 4.98 Å². The number of halogens is 1. The Labute approximate surface area is 131 Å². The molecule has 4 rings (SSSR count). The van der Waals surface area contributed by atoms with Crippen LogP contribution in [0.3, 0.4) is 0 Å². The van der Waals surface area contributed by atoms with Crippen LogP contribution in [0.2, 0.25) is 0 Å². The molecule has 0 spiro atoms. The Morgan fingerprint density at radius 1 is 0.905 bits per heavy atom. The summed E-state index contributed by atoms with van der Waals surface area (Å²) in [5, 5.41) is 2.45. The number of fused-ring (bicyclic) bond motifs is 2. The smallest absolute Gasteiger partial charge is 0.140 e. The Morgan fingerprint density at radius 2 is 1.67 bits per heavy atom. The van der Waals surface area contributed by atoms with Crippen LogP contribution < -0.4 is 0 Å². The molecule has 3 aromatic carbocycles. The Hall–Kier alpha value is -2.13. The highest BCUT2D eigenvalue weighted by molar-refractivity contribution is 9.10.